The molecule has 1 aliphatic heterocycles. The van der Waals surface area contributed by atoms with Crippen molar-refractivity contribution in [1.29, 1.82) is 5.41 Å². The van der Waals surface area contributed by atoms with Gasteiger partial charge in [-0.3, -0.25) is 15.0 Å². The number of aliphatic hydroxyl groups is 1. The summed E-state index contributed by atoms with van der Waals surface area (Å²) in [5.74, 6) is -0.985. The Balaban J connectivity index is 1.41. The van der Waals surface area contributed by atoms with Crippen molar-refractivity contribution in [2.75, 3.05) is 19.7 Å². The van der Waals surface area contributed by atoms with Crippen LogP contribution in [0.3, 0.4) is 0 Å². The highest BCUT2D eigenvalue weighted by Crippen LogP contribution is 2.21. The standard InChI is InChI=1S/C26H29N5O5S/c27-24(28)18-7-9-19(10-8-18)25(33)29-15-21-6-3-13-31(21)26(34)23(16-32)30-37(35,36)22-12-11-17-4-1-2-5-20(17)14-22/h1-2,4-5,7-12,14,21,23,30,32H,3,6,13,15-16H2,(H3,27,28)(H,29,33)/t21-,23+/m0/s1. The van der Waals surface area contributed by atoms with Crippen LogP contribution in [-0.4, -0.2) is 67.9 Å². The number of nitrogens with zero attached hydrogens (tertiary/aromatic N) is 1. The van der Waals surface area contributed by atoms with Crippen LogP contribution in [0.5, 0.6) is 0 Å². The van der Waals surface area contributed by atoms with Gasteiger partial charge in [0.2, 0.25) is 15.9 Å². The van der Waals surface area contributed by atoms with Crippen LogP contribution in [0.15, 0.2) is 71.6 Å². The fraction of sp³-hybridized carbons (Fsp3) is 0.269. The number of hydrogen-bond acceptors (Lipinski definition) is 6. The molecule has 1 saturated heterocycles. The number of nitrogens with two attached hydrogens (primary N) is 1. The topological polar surface area (TPSA) is 166 Å². The molecule has 4 rings (SSSR count). The summed E-state index contributed by atoms with van der Waals surface area (Å²) in [6.45, 7) is -0.140. The maximum atomic E-state index is 13.2. The minimum Gasteiger partial charge on any atom is -0.394 e. The number of amides is 2. The molecule has 10 nitrogen and oxygen atoms in total. The third-order valence-corrected chi connectivity index (χ3v) is 7.90. The van der Waals surface area contributed by atoms with Crippen LogP contribution in [0, 0.1) is 5.41 Å². The Kier molecular flexibility index (Phi) is 7.86. The number of benzene rings is 3. The largest absolute Gasteiger partial charge is 0.394 e. The molecule has 0 unspecified atom stereocenters. The molecule has 0 spiro atoms. The molecule has 0 aliphatic carbocycles. The molecule has 3 aromatic carbocycles. The maximum absolute atomic E-state index is 13.2. The minimum absolute atomic E-state index is 0.00141. The summed E-state index contributed by atoms with van der Waals surface area (Å²) < 4.78 is 28.4. The van der Waals surface area contributed by atoms with Gasteiger partial charge in [-0.05, 0) is 47.9 Å². The van der Waals surface area contributed by atoms with Gasteiger partial charge in [0.05, 0.1) is 11.5 Å². The SMILES string of the molecule is N=C(N)c1ccc(C(=O)NC[C@@H]2CCCN2C(=O)[C@@H](CO)NS(=O)(=O)c2ccc3ccccc3c2)cc1. The Morgan fingerprint density at radius 2 is 1.73 bits per heavy atom. The lowest BCUT2D eigenvalue weighted by Crippen LogP contribution is -2.53. The first-order valence-electron chi connectivity index (χ1n) is 11.8. The van der Waals surface area contributed by atoms with Crippen molar-refractivity contribution in [1.82, 2.24) is 14.9 Å². The second kappa shape index (κ2) is 11.1. The molecule has 0 bridgehead atoms. The van der Waals surface area contributed by atoms with Crippen molar-refractivity contribution in [3.05, 3.63) is 77.9 Å². The molecule has 1 fully saturated rings. The monoisotopic (exact) mass is 523 g/mol. The maximum Gasteiger partial charge on any atom is 0.251 e. The van der Waals surface area contributed by atoms with E-state index >= 15 is 0 Å². The van der Waals surface area contributed by atoms with Gasteiger partial charge in [-0.15, -0.1) is 0 Å². The Hall–Kier alpha value is -3.80. The highest BCUT2D eigenvalue weighted by molar-refractivity contribution is 7.89. The van der Waals surface area contributed by atoms with Crippen LogP contribution >= 0.6 is 0 Å². The van der Waals surface area contributed by atoms with E-state index in [0.29, 0.717) is 30.5 Å². The summed E-state index contributed by atoms with van der Waals surface area (Å²) in [7, 11) is -4.08. The molecule has 1 aliphatic rings. The molecular weight excluding hydrogens is 494 g/mol. The average Bonchev–Trinajstić information content (AvgIpc) is 3.38. The number of amidine groups is 1. The summed E-state index contributed by atoms with van der Waals surface area (Å²) >= 11 is 0. The lowest BCUT2D eigenvalue weighted by molar-refractivity contribution is -0.134. The zero-order chi connectivity index (χ0) is 26.6. The number of carbonyl (C=O) groups excluding carboxylic acids is 2. The van der Waals surface area contributed by atoms with E-state index in [0.717, 1.165) is 10.8 Å². The highest BCUT2D eigenvalue weighted by atomic mass is 32.2. The van der Waals surface area contributed by atoms with Gasteiger partial charge in [-0.1, -0.05) is 42.5 Å². The molecule has 11 heteroatoms. The predicted octanol–water partition coefficient (Wildman–Crippen LogP) is 1.18. The number of likely N-dealkylation sites (tertiary alicyclic amines) is 1. The first-order valence-corrected chi connectivity index (χ1v) is 13.3. The van der Waals surface area contributed by atoms with Crippen molar-refractivity contribution < 1.29 is 23.1 Å². The van der Waals surface area contributed by atoms with E-state index in [9.17, 15) is 23.1 Å². The van der Waals surface area contributed by atoms with Gasteiger partial charge < -0.3 is 21.1 Å². The summed E-state index contributed by atoms with van der Waals surface area (Å²) in [6, 6.07) is 16.6. The van der Waals surface area contributed by atoms with Gasteiger partial charge in [-0.2, -0.15) is 4.72 Å². The molecule has 2 amide bonds. The molecule has 194 valence electrons. The third kappa shape index (κ3) is 5.96. The zero-order valence-corrected chi connectivity index (χ0v) is 20.9. The normalized spacial score (nSPS) is 16.5. The highest BCUT2D eigenvalue weighted by Gasteiger charge is 2.35. The summed E-state index contributed by atoms with van der Waals surface area (Å²) in [4.78, 5) is 27.3. The Morgan fingerprint density at radius 3 is 2.41 bits per heavy atom. The lowest BCUT2D eigenvalue weighted by Gasteiger charge is -2.28. The summed E-state index contributed by atoms with van der Waals surface area (Å²) in [5.41, 5.74) is 6.33. The number of sulfonamides is 1. The van der Waals surface area contributed by atoms with Crippen LogP contribution in [0.25, 0.3) is 10.8 Å². The first-order chi connectivity index (χ1) is 17.7. The number of hydrogen-bond donors (Lipinski definition) is 5. The molecular formula is C26H29N5O5S. The van der Waals surface area contributed by atoms with E-state index in [1.165, 1.54) is 17.0 Å². The van der Waals surface area contributed by atoms with Crippen LogP contribution in [0.4, 0.5) is 0 Å². The van der Waals surface area contributed by atoms with Gasteiger partial charge in [-0.25, -0.2) is 8.42 Å². The van der Waals surface area contributed by atoms with E-state index in [1.54, 1.807) is 42.5 Å². The summed E-state index contributed by atoms with van der Waals surface area (Å²) in [6.07, 6.45) is 1.32. The molecule has 1 heterocycles. The summed E-state index contributed by atoms with van der Waals surface area (Å²) in [5, 5.41) is 21.7. The van der Waals surface area contributed by atoms with Crippen LogP contribution < -0.4 is 15.8 Å². The van der Waals surface area contributed by atoms with Gasteiger partial charge in [0, 0.05) is 30.3 Å². The van der Waals surface area contributed by atoms with Crippen LogP contribution in [-0.2, 0) is 14.8 Å². The second-order valence-corrected chi connectivity index (χ2v) is 10.6. The van der Waals surface area contributed by atoms with E-state index < -0.39 is 28.6 Å². The van der Waals surface area contributed by atoms with E-state index in [4.69, 9.17) is 11.1 Å². The minimum atomic E-state index is -4.08. The van der Waals surface area contributed by atoms with Crippen molar-refractivity contribution in [2.45, 2.75) is 29.8 Å². The van der Waals surface area contributed by atoms with Gasteiger partial charge in [0.1, 0.15) is 11.9 Å². The predicted molar refractivity (Wildman–Crippen MR) is 140 cm³/mol. The molecule has 3 aromatic rings. The van der Waals surface area contributed by atoms with Crippen molar-refractivity contribution in [2.24, 2.45) is 5.73 Å². The number of nitrogens with one attached hydrogen (secondary N) is 3. The lowest BCUT2D eigenvalue weighted by atomic mass is 10.1. The number of carbonyl (C=O) groups is 2. The zero-order valence-electron chi connectivity index (χ0n) is 20.1. The van der Waals surface area contributed by atoms with E-state index in [1.807, 2.05) is 12.1 Å². The number of nitrogen functional groups attached to an aromatic ring is 1. The van der Waals surface area contributed by atoms with Crippen LogP contribution in [0.1, 0.15) is 28.8 Å². The average molecular weight is 524 g/mol. The third-order valence-electron chi connectivity index (χ3n) is 6.43. The fourth-order valence-corrected chi connectivity index (χ4v) is 5.62. The quantitative estimate of drug-likeness (QED) is 0.209. The Labute approximate surface area is 215 Å². The Morgan fingerprint density at radius 1 is 1.05 bits per heavy atom. The van der Waals surface area contributed by atoms with Gasteiger partial charge in [0.15, 0.2) is 0 Å². The fourth-order valence-electron chi connectivity index (χ4n) is 4.41. The van der Waals surface area contributed by atoms with Gasteiger partial charge >= 0.3 is 0 Å². The van der Waals surface area contributed by atoms with Gasteiger partial charge in [0.25, 0.3) is 5.91 Å². The molecule has 6 N–H and O–H groups in total. The van der Waals surface area contributed by atoms with Crippen molar-refractivity contribution in [3.8, 4) is 0 Å². The molecule has 0 aromatic heterocycles. The molecule has 0 saturated carbocycles. The van der Waals surface area contributed by atoms with E-state index in [2.05, 4.69) is 10.0 Å². The van der Waals surface area contributed by atoms with Crippen LogP contribution in [0.2, 0.25) is 0 Å². The number of fused-ring (bicyclic) bond motifs is 1. The van der Waals surface area contributed by atoms with E-state index in [-0.39, 0.29) is 29.2 Å². The molecule has 37 heavy (non-hydrogen) atoms. The Bertz CT molecular complexity index is 1420. The first kappa shape index (κ1) is 26.3. The number of aliphatic hydroxyl groups excluding tert-OH is 1. The second-order valence-electron chi connectivity index (χ2n) is 8.89. The number of rotatable bonds is 9. The van der Waals surface area contributed by atoms with Crippen molar-refractivity contribution >= 4 is 38.4 Å². The van der Waals surface area contributed by atoms with Crippen molar-refractivity contribution in [3.63, 3.8) is 0 Å². The smallest absolute Gasteiger partial charge is 0.251 e. The molecule has 2 atom stereocenters. The molecule has 0 radical (unpaired) electrons.